The molecule has 1 aliphatic carbocycles. The van der Waals surface area contributed by atoms with E-state index in [0.717, 1.165) is 30.4 Å². The van der Waals surface area contributed by atoms with Gasteiger partial charge in [-0.25, -0.2) is 0 Å². The summed E-state index contributed by atoms with van der Waals surface area (Å²) in [6, 6.07) is 1.77. The number of aliphatic hydroxyl groups excluding tert-OH is 1. The van der Waals surface area contributed by atoms with Gasteiger partial charge in [0.05, 0.1) is 20.3 Å². The molecular weight excluding hydrogens is 252 g/mol. The molecule has 0 fully saturated rings. The maximum Gasteiger partial charge on any atom is 0.166 e. The third-order valence-corrected chi connectivity index (χ3v) is 3.95. The van der Waals surface area contributed by atoms with E-state index in [1.807, 2.05) is 0 Å². The maximum absolute atomic E-state index is 10.4. The van der Waals surface area contributed by atoms with E-state index in [2.05, 4.69) is 6.92 Å². The average Bonchev–Trinajstić information content (AvgIpc) is 2.49. The standard InChI is InChI=1S/C14H19ClO3/c1-8-4-5-9-10(15)7-12(17-2)14(18-3)13(9)11(16)6-8/h7-8,11,16H,4-6H2,1-3H3. The molecule has 1 aromatic carbocycles. The fourth-order valence-electron chi connectivity index (χ4n) is 2.64. The summed E-state index contributed by atoms with van der Waals surface area (Å²) in [7, 11) is 3.17. The monoisotopic (exact) mass is 270 g/mol. The first-order valence-electron chi connectivity index (χ1n) is 6.19. The molecule has 2 atom stereocenters. The molecule has 0 radical (unpaired) electrons. The molecule has 0 amide bonds. The van der Waals surface area contributed by atoms with Gasteiger partial charge in [-0.2, -0.15) is 0 Å². The molecule has 0 saturated heterocycles. The van der Waals surface area contributed by atoms with Crippen molar-refractivity contribution in [3.63, 3.8) is 0 Å². The third-order valence-electron chi connectivity index (χ3n) is 3.61. The zero-order valence-electron chi connectivity index (χ0n) is 11.0. The maximum atomic E-state index is 10.4. The van der Waals surface area contributed by atoms with Crippen LogP contribution in [0.4, 0.5) is 0 Å². The Morgan fingerprint density at radius 2 is 2.06 bits per heavy atom. The van der Waals surface area contributed by atoms with Gasteiger partial charge >= 0.3 is 0 Å². The summed E-state index contributed by atoms with van der Waals surface area (Å²) in [5.74, 6) is 1.66. The Bertz CT molecular complexity index is 445. The number of halogens is 1. The molecule has 1 N–H and O–H groups in total. The molecule has 18 heavy (non-hydrogen) atoms. The van der Waals surface area contributed by atoms with Crippen LogP contribution < -0.4 is 9.47 Å². The van der Waals surface area contributed by atoms with Crippen molar-refractivity contribution >= 4 is 11.6 Å². The largest absolute Gasteiger partial charge is 0.493 e. The van der Waals surface area contributed by atoms with Crippen LogP contribution >= 0.6 is 11.6 Å². The summed E-state index contributed by atoms with van der Waals surface area (Å²) in [5.41, 5.74) is 1.79. The first-order chi connectivity index (χ1) is 8.58. The number of methoxy groups -OCH3 is 2. The van der Waals surface area contributed by atoms with Crippen LogP contribution in [0.2, 0.25) is 5.02 Å². The fourth-order valence-corrected chi connectivity index (χ4v) is 2.94. The van der Waals surface area contributed by atoms with Gasteiger partial charge in [-0.1, -0.05) is 18.5 Å². The molecule has 4 heteroatoms. The van der Waals surface area contributed by atoms with E-state index >= 15 is 0 Å². The van der Waals surface area contributed by atoms with Crippen LogP contribution in [0.1, 0.15) is 37.0 Å². The van der Waals surface area contributed by atoms with Crippen molar-refractivity contribution in [1.29, 1.82) is 0 Å². The number of benzene rings is 1. The van der Waals surface area contributed by atoms with E-state index in [-0.39, 0.29) is 0 Å². The van der Waals surface area contributed by atoms with Gasteiger partial charge in [0.25, 0.3) is 0 Å². The summed E-state index contributed by atoms with van der Waals surface area (Å²) in [5, 5.41) is 11.0. The molecule has 0 aromatic heterocycles. The van der Waals surface area contributed by atoms with Crippen LogP contribution in [-0.2, 0) is 6.42 Å². The summed E-state index contributed by atoms with van der Waals surface area (Å²) < 4.78 is 10.7. The highest BCUT2D eigenvalue weighted by Gasteiger charge is 2.28. The quantitative estimate of drug-likeness (QED) is 0.838. The predicted molar refractivity (Wildman–Crippen MR) is 71.6 cm³/mol. The van der Waals surface area contributed by atoms with Crippen molar-refractivity contribution in [2.45, 2.75) is 32.3 Å². The van der Waals surface area contributed by atoms with Crippen LogP contribution in [0.15, 0.2) is 6.07 Å². The first-order valence-corrected chi connectivity index (χ1v) is 6.57. The zero-order valence-corrected chi connectivity index (χ0v) is 11.8. The summed E-state index contributed by atoms with van der Waals surface area (Å²) in [6.45, 7) is 2.15. The van der Waals surface area contributed by atoms with Crippen molar-refractivity contribution in [2.24, 2.45) is 5.92 Å². The second-order valence-electron chi connectivity index (χ2n) is 4.88. The van der Waals surface area contributed by atoms with Gasteiger partial charge in [-0.05, 0) is 30.7 Å². The molecule has 0 aliphatic heterocycles. The topological polar surface area (TPSA) is 38.7 Å². The molecule has 2 rings (SSSR count). The molecule has 100 valence electrons. The lowest BCUT2D eigenvalue weighted by molar-refractivity contribution is 0.146. The van der Waals surface area contributed by atoms with Crippen LogP contribution in [-0.4, -0.2) is 19.3 Å². The molecule has 0 saturated carbocycles. The van der Waals surface area contributed by atoms with Crippen molar-refractivity contribution in [3.05, 3.63) is 22.2 Å². The van der Waals surface area contributed by atoms with Crippen molar-refractivity contribution < 1.29 is 14.6 Å². The second-order valence-corrected chi connectivity index (χ2v) is 5.29. The number of ether oxygens (including phenoxy) is 2. The highest BCUT2D eigenvalue weighted by Crippen LogP contribution is 2.45. The van der Waals surface area contributed by atoms with Gasteiger partial charge < -0.3 is 14.6 Å². The number of rotatable bonds is 2. The molecule has 0 bridgehead atoms. The molecule has 2 unspecified atom stereocenters. The Labute approximate surface area is 113 Å². The van der Waals surface area contributed by atoms with Crippen LogP contribution in [0.3, 0.4) is 0 Å². The van der Waals surface area contributed by atoms with E-state index < -0.39 is 6.10 Å². The number of hydrogen-bond acceptors (Lipinski definition) is 3. The van der Waals surface area contributed by atoms with Gasteiger partial charge in [-0.3, -0.25) is 0 Å². The molecule has 0 heterocycles. The van der Waals surface area contributed by atoms with Gasteiger partial charge in [0, 0.05) is 16.7 Å². The highest BCUT2D eigenvalue weighted by atomic mass is 35.5. The molecule has 1 aliphatic rings. The molecular formula is C14H19ClO3. The molecule has 1 aromatic rings. The lowest BCUT2D eigenvalue weighted by Crippen LogP contribution is -2.06. The first kappa shape index (κ1) is 13.5. The summed E-state index contributed by atoms with van der Waals surface area (Å²) >= 11 is 6.29. The Morgan fingerprint density at radius 3 is 2.67 bits per heavy atom. The minimum atomic E-state index is -0.542. The van der Waals surface area contributed by atoms with E-state index in [1.165, 1.54) is 0 Å². The average molecular weight is 271 g/mol. The lowest BCUT2D eigenvalue weighted by Gasteiger charge is -2.20. The van der Waals surface area contributed by atoms with E-state index in [1.54, 1.807) is 20.3 Å². The Morgan fingerprint density at radius 1 is 1.33 bits per heavy atom. The van der Waals surface area contributed by atoms with Crippen molar-refractivity contribution in [3.8, 4) is 11.5 Å². The second kappa shape index (κ2) is 5.37. The van der Waals surface area contributed by atoms with Crippen molar-refractivity contribution in [1.82, 2.24) is 0 Å². The molecule has 0 spiro atoms. The Hall–Kier alpha value is -0.930. The normalized spacial score (nSPS) is 23.2. The minimum absolute atomic E-state index is 0.471. The van der Waals surface area contributed by atoms with Crippen LogP contribution in [0.5, 0.6) is 11.5 Å². The fraction of sp³-hybridized carbons (Fsp3) is 0.571. The van der Waals surface area contributed by atoms with Crippen LogP contribution in [0, 0.1) is 5.92 Å². The predicted octanol–water partition coefficient (Wildman–Crippen LogP) is 3.36. The van der Waals surface area contributed by atoms with Crippen molar-refractivity contribution in [2.75, 3.05) is 14.2 Å². The van der Waals surface area contributed by atoms with Gasteiger partial charge in [0.1, 0.15) is 0 Å². The van der Waals surface area contributed by atoms with E-state index in [0.29, 0.717) is 22.4 Å². The highest BCUT2D eigenvalue weighted by molar-refractivity contribution is 6.31. The zero-order chi connectivity index (χ0) is 13.3. The smallest absolute Gasteiger partial charge is 0.166 e. The van der Waals surface area contributed by atoms with Crippen LogP contribution in [0.25, 0.3) is 0 Å². The third kappa shape index (κ3) is 2.29. The SMILES string of the molecule is COc1cc(Cl)c2c(c1OC)C(O)CC(C)CC2. The van der Waals surface area contributed by atoms with Gasteiger partial charge in [0.15, 0.2) is 11.5 Å². The van der Waals surface area contributed by atoms with E-state index in [9.17, 15) is 5.11 Å². The lowest BCUT2D eigenvalue weighted by atomic mass is 9.98. The molecule has 3 nitrogen and oxygen atoms in total. The number of fused-ring (bicyclic) bond motifs is 1. The number of hydrogen-bond donors (Lipinski definition) is 1. The number of aliphatic hydroxyl groups is 1. The minimum Gasteiger partial charge on any atom is -0.493 e. The van der Waals surface area contributed by atoms with Gasteiger partial charge in [-0.15, -0.1) is 0 Å². The Balaban J connectivity index is 2.62. The summed E-state index contributed by atoms with van der Waals surface area (Å²) in [6.07, 6.45) is 2.08. The Kier molecular flexibility index (Phi) is 4.03. The van der Waals surface area contributed by atoms with Gasteiger partial charge in [0.2, 0.25) is 0 Å². The summed E-state index contributed by atoms with van der Waals surface area (Å²) in [4.78, 5) is 0. The van der Waals surface area contributed by atoms with E-state index in [4.69, 9.17) is 21.1 Å².